The smallest absolute Gasteiger partial charge is 0.477 e. The Balaban J connectivity index is 3.38. The van der Waals surface area contributed by atoms with E-state index in [9.17, 15) is 22.8 Å². The van der Waals surface area contributed by atoms with Gasteiger partial charge in [-0.15, -0.1) is 13.2 Å². The minimum absolute atomic E-state index is 0.0701. The first-order chi connectivity index (χ1) is 7.74. The van der Waals surface area contributed by atoms with Crippen molar-refractivity contribution in [3.63, 3.8) is 0 Å². The van der Waals surface area contributed by atoms with Crippen LogP contribution in [0, 0.1) is 0 Å². The molecule has 0 aliphatic rings. The van der Waals surface area contributed by atoms with Crippen LogP contribution in [0.5, 0.6) is 5.88 Å². The molecule has 0 unspecified atom stereocenters. The second-order valence-electron chi connectivity index (χ2n) is 2.92. The summed E-state index contributed by atoms with van der Waals surface area (Å²) in [6.07, 6.45) is -5.11. The van der Waals surface area contributed by atoms with E-state index in [2.05, 4.69) is 4.74 Å². The van der Waals surface area contributed by atoms with Gasteiger partial charge in [0.05, 0.1) is 0 Å². The Bertz CT molecular complexity index is 495. The number of carboxylic acids is 1. The monoisotopic (exact) mass is 252 g/mol. The third kappa shape index (κ3) is 3.21. The van der Waals surface area contributed by atoms with E-state index in [0.717, 1.165) is 6.07 Å². The number of hydrogen-bond acceptors (Lipinski definition) is 4. The molecule has 0 amide bonds. The molecule has 0 fully saturated rings. The number of aromatic carboxylic acids is 1. The normalized spacial score (nSPS) is 11.3. The number of carbonyl (C=O) groups is 1. The van der Waals surface area contributed by atoms with E-state index >= 15 is 0 Å². The van der Waals surface area contributed by atoms with E-state index in [0.29, 0.717) is 0 Å². The van der Waals surface area contributed by atoms with E-state index in [1.54, 1.807) is 0 Å². The minimum Gasteiger partial charge on any atom is -0.477 e. The number of aromatic amines is 1. The van der Waals surface area contributed by atoms with Crippen LogP contribution in [0.1, 0.15) is 16.1 Å². The van der Waals surface area contributed by atoms with Crippen LogP contribution in [0.3, 0.4) is 0 Å². The van der Waals surface area contributed by atoms with Crippen LogP contribution in [-0.2, 0) is 6.54 Å². The molecule has 94 valence electrons. The molecule has 0 spiro atoms. The zero-order valence-corrected chi connectivity index (χ0v) is 8.17. The molecule has 0 saturated carbocycles. The first kappa shape index (κ1) is 13.0. The van der Waals surface area contributed by atoms with Gasteiger partial charge in [-0.1, -0.05) is 0 Å². The Morgan fingerprint density at radius 1 is 1.53 bits per heavy atom. The number of pyridine rings is 1. The molecule has 1 rings (SSSR count). The van der Waals surface area contributed by atoms with Crippen molar-refractivity contribution in [3.8, 4) is 5.88 Å². The zero-order valence-electron chi connectivity index (χ0n) is 8.17. The van der Waals surface area contributed by atoms with Crippen LogP contribution in [0.15, 0.2) is 10.9 Å². The highest BCUT2D eigenvalue weighted by Gasteiger charge is 2.34. The predicted octanol–water partition coefficient (Wildman–Crippen LogP) is 0.430. The predicted molar refractivity (Wildman–Crippen MR) is 48.6 cm³/mol. The van der Waals surface area contributed by atoms with Crippen molar-refractivity contribution in [1.29, 1.82) is 0 Å². The maximum Gasteiger partial charge on any atom is 0.574 e. The molecule has 0 bridgehead atoms. The molecule has 1 aromatic heterocycles. The Kier molecular flexibility index (Phi) is 3.42. The van der Waals surface area contributed by atoms with Gasteiger partial charge in [-0.25, -0.2) is 4.79 Å². The average molecular weight is 252 g/mol. The highest BCUT2D eigenvalue weighted by Crippen LogP contribution is 2.22. The lowest BCUT2D eigenvalue weighted by Crippen LogP contribution is -2.25. The number of carboxylic acid groups (broad SMARTS) is 1. The van der Waals surface area contributed by atoms with Crippen LogP contribution >= 0.6 is 0 Å². The Hall–Kier alpha value is -2.03. The molecule has 0 aliphatic heterocycles. The van der Waals surface area contributed by atoms with Gasteiger partial charge in [-0.05, 0) is 0 Å². The third-order valence-electron chi connectivity index (χ3n) is 1.70. The first-order valence-corrected chi connectivity index (χ1v) is 4.20. The summed E-state index contributed by atoms with van der Waals surface area (Å²) >= 11 is 0. The molecular weight excluding hydrogens is 245 g/mol. The maximum absolute atomic E-state index is 12.0. The van der Waals surface area contributed by atoms with Crippen molar-refractivity contribution in [2.24, 2.45) is 5.73 Å². The number of rotatable bonds is 3. The summed E-state index contributed by atoms with van der Waals surface area (Å²) in [7, 11) is 0. The maximum atomic E-state index is 12.0. The molecule has 0 aliphatic carbocycles. The highest BCUT2D eigenvalue weighted by molar-refractivity contribution is 5.90. The zero-order chi connectivity index (χ0) is 13.2. The van der Waals surface area contributed by atoms with Gasteiger partial charge in [0.25, 0.3) is 0 Å². The second kappa shape index (κ2) is 4.45. The number of halogens is 3. The standard InChI is InChI=1S/C8H7F3N2O4/c9-8(10,11)17-6-5(7(15)16)4(14)1-3(2-12)13-6/h1H,2,12H2,(H,13,14)(H,15,16). The lowest BCUT2D eigenvalue weighted by atomic mass is 10.2. The van der Waals surface area contributed by atoms with Gasteiger partial charge >= 0.3 is 12.3 Å². The SMILES string of the molecule is NCc1cc(=O)c(C(=O)O)c(OC(F)(F)F)[nH]1. The van der Waals surface area contributed by atoms with E-state index in [1.165, 1.54) is 0 Å². The van der Waals surface area contributed by atoms with Gasteiger partial charge in [-0.3, -0.25) is 4.79 Å². The van der Waals surface area contributed by atoms with Crippen LogP contribution < -0.4 is 15.9 Å². The van der Waals surface area contributed by atoms with Crippen molar-refractivity contribution in [1.82, 2.24) is 4.98 Å². The van der Waals surface area contributed by atoms with Gasteiger partial charge in [0.1, 0.15) is 0 Å². The fourth-order valence-corrected chi connectivity index (χ4v) is 1.09. The van der Waals surface area contributed by atoms with Crippen molar-refractivity contribution < 1.29 is 27.8 Å². The lowest BCUT2D eigenvalue weighted by Gasteiger charge is -2.11. The highest BCUT2D eigenvalue weighted by atomic mass is 19.4. The molecule has 0 atom stereocenters. The Morgan fingerprint density at radius 2 is 2.12 bits per heavy atom. The van der Waals surface area contributed by atoms with Crippen LogP contribution in [0.25, 0.3) is 0 Å². The number of aromatic nitrogens is 1. The Morgan fingerprint density at radius 3 is 2.53 bits per heavy atom. The van der Waals surface area contributed by atoms with Crippen LogP contribution in [0.4, 0.5) is 13.2 Å². The molecule has 17 heavy (non-hydrogen) atoms. The summed E-state index contributed by atoms with van der Waals surface area (Å²) in [5, 5.41) is 8.61. The number of alkyl halides is 3. The van der Waals surface area contributed by atoms with Crippen LogP contribution in [0.2, 0.25) is 0 Å². The van der Waals surface area contributed by atoms with Crippen molar-refractivity contribution in [2.75, 3.05) is 0 Å². The molecule has 6 nitrogen and oxygen atoms in total. The van der Waals surface area contributed by atoms with Crippen molar-refractivity contribution in [2.45, 2.75) is 12.9 Å². The van der Waals surface area contributed by atoms with E-state index in [1.807, 2.05) is 4.98 Å². The number of nitrogens with two attached hydrogens (primary N) is 1. The fraction of sp³-hybridized carbons (Fsp3) is 0.250. The topological polar surface area (TPSA) is 105 Å². The molecule has 1 heterocycles. The lowest BCUT2D eigenvalue weighted by molar-refractivity contribution is -0.276. The molecule has 0 radical (unpaired) electrons. The van der Waals surface area contributed by atoms with Gasteiger partial charge in [0.15, 0.2) is 11.0 Å². The first-order valence-electron chi connectivity index (χ1n) is 4.20. The van der Waals surface area contributed by atoms with Crippen molar-refractivity contribution in [3.05, 3.63) is 27.5 Å². The van der Waals surface area contributed by atoms with Gasteiger partial charge < -0.3 is 20.6 Å². The van der Waals surface area contributed by atoms with Gasteiger partial charge in [0, 0.05) is 18.3 Å². The largest absolute Gasteiger partial charge is 0.574 e. The summed E-state index contributed by atoms with van der Waals surface area (Å²) in [5.74, 6) is -3.01. The number of nitrogens with one attached hydrogen (secondary N) is 1. The average Bonchev–Trinajstić information content (AvgIpc) is 2.13. The summed E-state index contributed by atoms with van der Waals surface area (Å²) in [5.41, 5.74) is 2.81. The third-order valence-corrected chi connectivity index (χ3v) is 1.70. The number of H-pyrrole nitrogens is 1. The molecule has 0 saturated heterocycles. The van der Waals surface area contributed by atoms with E-state index < -0.39 is 29.2 Å². The molecule has 0 aromatic carbocycles. The molecule has 9 heteroatoms. The summed E-state index contributed by atoms with van der Waals surface area (Å²) < 4.78 is 39.4. The molecule has 4 N–H and O–H groups in total. The van der Waals surface area contributed by atoms with Crippen LogP contribution in [-0.4, -0.2) is 22.4 Å². The van der Waals surface area contributed by atoms with Crippen molar-refractivity contribution >= 4 is 5.97 Å². The fourth-order valence-electron chi connectivity index (χ4n) is 1.09. The molecular formula is C8H7F3N2O4. The van der Waals surface area contributed by atoms with Gasteiger partial charge in [0.2, 0.25) is 5.88 Å². The number of ether oxygens (including phenoxy) is 1. The second-order valence-corrected chi connectivity index (χ2v) is 2.92. The van der Waals surface area contributed by atoms with E-state index in [4.69, 9.17) is 10.8 Å². The summed E-state index contributed by atoms with van der Waals surface area (Å²) in [6, 6.07) is 0.798. The van der Waals surface area contributed by atoms with Gasteiger partial charge in [-0.2, -0.15) is 0 Å². The summed E-state index contributed by atoms with van der Waals surface area (Å²) in [4.78, 5) is 23.9. The minimum atomic E-state index is -5.11. The summed E-state index contributed by atoms with van der Waals surface area (Å²) in [6.45, 7) is -0.261. The van der Waals surface area contributed by atoms with E-state index in [-0.39, 0.29) is 12.2 Å². The molecule has 1 aromatic rings. The quantitative estimate of drug-likeness (QED) is 0.723. The Labute approximate surface area is 91.8 Å². The number of hydrogen-bond donors (Lipinski definition) is 3.